The van der Waals surface area contributed by atoms with E-state index in [0.717, 1.165) is 6.07 Å². The normalized spacial score (nSPS) is 11.1. The summed E-state index contributed by atoms with van der Waals surface area (Å²) in [6.07, 6.45) is 0. The predicted octanol–water partition coefficient (Wildman–Crippen LogP) is 4.04. The molecule has 0 saturated carbocycles. The van der Waals surface area contributed by atoms with Crippen LogP contribution in [-0.2, 0) is 10.0 Å². The van der Waals surface area contributed by atoms with Gasteiger partial charge in [0, 0.05) is 23.7 Å². The van der Waals surface area contributed by atoms with Gasteiger partial charge >= 0.3 is 0 Å². The number of carbonyl (C=O) groups excluding carboxylic acids is 2. The molecule has 0 aliphatic carbocycles. The molecule has 35 heavy (non-hydrogen) atoms. The quantitative estimate of drug-likeness (QED) is 0.247. The molecule has 0 bridgehead atoms. The van der Waals surface area contributed by atoms with E-state index in [0.29, 0.717) is 0 Å². The number of halogens is 1. The van der Waals surface area contributed by atoms with Crippen molar-refractivity contribution in [3.63, 3.8) is 0 Å². The Bertz CT molecular complexity index is 1420. The van der Waals surface area contributed by atoms with Crippen LogP contribution in [0.1, 0.15) is 33.2 Å². The van der Waals surface area contributed by atoms with E-state index in [1.165, 1.54) is 49.6 Å². The van der Waals surface area contributed by atoms with Gasteiger partial charge in [0.2, 0.25) is 10.0 Å². The number of ether oxygens (including phenoxy) is 1. The molecule has 0 atom stereocenters. The van der Waals surface area contributed by atoms with Gasteiger partial charge in [0.25, 0.3) is 11.6 Å². The van der Waals surface area contributed by atoms with Crippen LogP contribution in [0.15, 0.2) is 65.6 Å². The van der Waals surface area contributed by atoms with E-state index in [-0.39, 0.29) is 44.6 Å². The number of nitro benzene ring substituents is 1. The van der Waals surface area contributed by atoms with Crippen molar-refractivity contribution in [3.05, 3.63) is 92.5 Å². The first-order chi connectivity index (χ1) is 16.6. The zero-order valence-corrected chi connectivity index (χ0v) is 20.1. The van der Waals surface area contributed by atoms with E-state index in [9.17, 15) is 28.1 Å². The third-order valence-electron chi connectivity index (χ3n) is 4.89. The molecule has 3 rings (SSSR count). The Morgan fingerprint density at radius 2 is 1.74 bits per heavy atom. The number of amides is 1. The van der Waals surface area contributed by atoms with Gasteiger partial charge in [0.15, 0.2) is 5.78 Å². The number of ketones is 1. The van der Waals surface area contributed by atoms with Crippen molar-refractivity contribution in [1.82, 2.24) is 4.72 Å². The third kappa shape index (κ3) is 5.65. The minimum absolute atomic E-state index is 0.0167. The lowest BCUT2D eigenvalue weighted by molar-refractivity contribution is -0.384. The Morgan fingerprint density at radius 1 is 1.06 bits per heavy atom. The Labute approximate surface area is 206 Å². The summed E-state index contributed by atoms with van der Waals surface area (Å²) in [7, 11) is -2.45. The summed E-state index contributed by atoms with van der Waals surface area (Å²) in [6.45, 7) is 1.81. The highest BCUT2D eigenvalue weighted by atomic mass is 35.5. The van der Waals surface area contributed by atoms with E-state index in [4.69, 9.17) is 16.3 Å². The van der Waals surface area contributed by atoms with E-state index in [2.05, 4.69) is 10.0 Å². The van der Waals surface area contributed by atoms with Gasteiger partial charge in [0.1, 0.15) is 10.8 Å². The summed E-state index contributed by atoms with van der Waals surface area (Å²) in [5.74, 6) is -1.15. The third-order valence-corrected chi connectivity index (χ3v) is 6.75. The fourth-order valence-electron chi connectivity index (χ4n) is 3.24. The Hall–Kier alpha value is -3.80. The molecule has 12 heteroatoms. The van der Waals surface area contributed by atoms with Crippen molar-refractivity contribution in [2.24, 2.45) is 0 Å². The molecule has 0 heterocycles. The van der Waals surface area contributed by atoms with Crippen LogP contribution in [0, 0.1) is 10.1 Å². The summed E-state index contributed by atoms with van der Waals surface area (Å²) >= 11 is 5.83. The molecule has 0 saturated heterocycles. The Balaban J connectivity index is 1.99. The second-order valence-electron chi connectivity index (χ2n) is 7.12. The van der Waals surface area contributed by atoms with Crippen LogP contribution in [0.4, 0.5) is 11.4 Å². The maximum Gasteiger partial charge on any atom is 0.288 e. The van der Waals surface area contributed by atoms with Crippen molar-refractivity contribution in [2.75, 3.05) is 19.0 Å². The number of rotatable bonds is 9. The van der Waals surface area contributed by atoms with Gasteiger partial charge in [-0.2, -0.15) is 0 Å². The molecule has 3 aromatic carbocycles. The molecule has 0 radical (unpaired) electrons. The number of nitrogens with zero attached hydrogens (tertiary/aromatic N) is 1. The maximum absolute atomic E-state index is 13.1. The second-order valence-corrected chi connectivity index (χ2v) is 9.29. The summed E-state index contributed by atoms with van der Waals surface area (Å²) < 4.78 is 32.3. The highest BCUT2D eigenvalue weighted by molar-refractivity contribution is 7.89. The lowest BCUT2D eigenvalue weighted by Gasteiger charge is -2.14. The molecule has 1 amide bonds. The first-order valence-electron chi connectivity index (χ1n) is 10.2. The van der Waals surface area contributed by atoms with Crippen molar-refractivity contribution in [2.45, 2.75) is 11.8 Å². The van der Waals surface area contributed by atoms with Gasteiger partial charge in [-0.3, -0.25) is 19.7 Å². The highest BCUT2D eigenvalue weighted by Crippen LogP contribution is 2.29. The summed E-state index contributed by atoms with van der Waals surface area (Å²) in [6, 6.07) is 13.4. The van der Waals surface area contributed by atoms with Crippen molar-refractivity contribution >= 4 is 44.7 Å². The topological polar surface area (TPSA) is 145 Å². The molecular formula is C23H20ClN3O7S. The average Bonchev–Trinajstić information content (AvgIpc) is 2.83. The number of sulfonamides is 1. The SMILES string of the molecule is CCNS(=O)(=O)c1ccc(OC)c(NC(=O)c2ccccc2C(=O)c2ccc(Cl)c([N+](=O)[O-])c2)c1. The maximum atomic E-state index is 13.1. The zero-order valence-electron chi connectivity index (χ0n) is 18.6. The molecule has 0 aliphatic heterocycles. The number of carbonyl (C=O) groups is 2. The molecule has 0 fully saturated rings. The number of nitro groups is 1. The molecule has 182 valence electrons. The van der Waals surface area contributed by atoms with Crippen molar-refractivity contribution in [1.29, 1.82) is 0 Å². The summed E-state index contributed by atoms with van der Waals surface area (Å²) in [5, 5.41) is 13.6. The smallest absolute Gasteiger partial charge is 0.288 e. The Kier molecular flexibility index (Phi) is 7.85. The summed E-state index contributed by atoms with van der Waals surface area (Å²) in [5.41, 5.74) is -0.449. The monoisotopic (exact) mass is 517 g/mol. The van der Waals surface area contributed by atoms with E-state index in [1.54, 1.807) is 19.1 Å². The molecule has 10 nitrogen and oxygen atoms in total. The van der Waals surface area contributed by atoms with Gasteiger partial charge in [-0.15, -0.1) is 0 Å². The minimum Gasteiger partial charge on any atom is -0.495 e. The number of nitrogens with one attached hydrogen (secondary N) is 2. The molecule has 3 aromatic rings. The lowest BCUT2D eigenvalue weighted by Crippen LogP contribution is -2.23. The van der Waals surface area contributed by atoms with Gasteiger partial charge in [-0.25, -0.2) is 13.1 Å². The van der Waals surface area contributed by atoms with Crippen LogP contribution in [0.5, 0.6) is 5.75 Å². The predicted molar refractivity (Wildman–Crippen MR) is 130 cm³/mol. The fraction of sp³-hybridized carbons (Fsp3) is 0.130. The van der Waals surface area contributed by atoms with Gasteiger partial charge in [-0.1, -0.05) is 36.7 Å². The van der Waals surface area contributed by atoms with Crippen molar-refractivity contribution in [3.8, 4) is 5.75 Å². The second kappa shape index (κ2) is 10.6. The largest absolute Gasteiger partial charge is 0.495 e. The van der Waals surface area contributed by atoms with Gasteiger partial charge in [-0.05, 0) is 36.4 Å². The van der Waals surface area contributed by atoms with Gasteiger partial charge in [0.05, 0.1) is 28.2 Å². The lowest BCUT2D eigenvalue weighted by atomic mass is 9.97. The van der Waals surface area contributed by atoms with Crippen LogP contribution in [0.3, 0.4) is 0 Å². The molecular weight excluding hydrogens is 498 g/mol. The Morgan fingerprint density at radius 3 is 2.37 bits per heavy atom. The number of benzene rings is 3. The standard InChI is InChI=1S/C23H20ClN3O7S/c1-3-25-35(32,33)15-9-11-21(34-2)19(13-15)26-23(29)17-7-5-4-6-16(17)22(28)14-8-10-18(24)20(12-14)27(30)31/h4-13,25H,3H2,1-2H3,(H,26,29). The molecule has 2 N–H and O–H groups in total. The van der Waals surface area contributed by atoms with Crippen LogP contribution in [-0.4, -0.2) is 38.7 Å². The van der Waals surface area contributed by atoms with Crippen LogP contribution < -0.4 is 14.8 Å². The van der Waals surface area contributed by atoms with Crippen molar-refractivity contribution < 1.29 is 27.7 Å². The minimum atomic E-state index is -3.81. The van der Waals surface area contributed by atoms with Gasteiger partial charge < -0.3 is 10.1 Å². The van der Waals surface area contributed by atoms with Crippen LogP contribution >= 0.6 is 11.6 Å². The van der Waals surface area contributed by atoms with E-state index < -0.39 is 32.3 Å². The first-order valence-corrected chi connectivity index (χ1v) is 12.0. The molecule has 0 spiro atoms. The average molecular weight is 518 g/mol. The number of hydrogen-bond donors (Lipinski definition) is 2. The van der Waals surface area contributed by atoms with Crippen LogP contribution in [0.25, 0.3) is 0 Å². The number of anilines is 1. The molecule has 0 aliphatic rings. The van der Waals surface area contributed by atoms with E-state index >= 15 is 0 Å². The molecule has 0 unspecified atom stereocenters. The summed E-state index contributed by atoms with van der Waals surface area (Å²) in [4.78, 5) is 36.7. The zero-order chi connectivity index (χ0) is 25.8. The number of methoxy groups -OCH3 is 1. The number of hydrogen-bond acceptors (Lipinski definition) is 7. The van der Waals surface area contributed by atoms with E-state index in [1.807, 2.05) is 0 Å². The molecule has 0 aromatic heterocycles. The highest BCUT2D eigenvalue weighted by Gasteiger charge is 2.23. The van der Waals surface area contributed by atoms with Crippen LogP contribution in [0.2, 0.25) is 5.02 Å². The first kappa shape index (κ1) is 25.8. The fourth-order valence-corrected chi connectivity index (χ4v) is 4.50.